The maximum atomic E-state index is 12.3. The summed E-state index contributed by atoms with van der Waals surface area (Å²) in [5, 5.41) is 11.6. The molecule has 0 aliphatic heterocycles. The van der Waals surface area contributed by atoms with Crippen molar-refractivity contribution in [3.63, 3.8) is 0 Å². The second-order valence-electron chi connectivity index (χ2n) is 4.53. The zero-order valence-electron chi connectivity index (χ0n) is 11.7. The van der Waals surface area contributed by atoms with E-state index in [0.717, 1.165) is 5.56 Å². The molecule has 1 unspecified atom stereocenters. The molecule has 0 aliphatic carbocycles. The number of aryl methyl sites for hydroxylation is 1. The van der Waals surface area contributed by atoms with Gasteiger partial charge in [-0.2, -0.15) is 0 Å². The maximum absolute atomic E-state index is 12.3. The molecule has 0 saturated heterocycles. The molecule has 0 fully saturated rings. The molecule has 0 radical (unpaired) electrons. The van der Waals surface area contributed by atoms with Gasteiger partial charge in [0.05, 0.1) is 5.25 Å². The first-order chi connectivity index (χ1) is 9.58. The first-order valence-corrected chi connectivity index (χ1v) is 7.14. The SMILES string of the molecule is CC(Sc1nnnn1C)C(=O)N(C)Cc1ccccc1. The minimum Gasteiger partial charge on any atom is -0.340 e. The quantitative estimate of drug-likeness (QED) is 0.778. The van der Waals surface area contributed by atoms with E-state index < -0.39 is 0 Å². The van der Waals surface area contributed by atoms with Crippen LogP contribution in [0.15, 0.2) is 35.5 Å². The largest absolute Gasteiger partial charge is 0.340 e. The lowest BCUT2D eigenvalue weighted by atomic mass is 10.2. The van der Waals surface area contributed by atoms with Crippen molar-refractivity contribution in [3.8, 4) is 0 Å². The number of nitrogens with zero attached hydrogens (tertiary/aromatic N) is 5. The number of hydrogen-bond donors (Lipinski definition) is 0. The third-order valence-electron chi connectivity index (χ3n) is 2.85. The van der Waals surface area contributed by atoms with Gasteiger partial charge in [0.2, 0.25) is 11.1 Å². The highest BCUT2D eigenvalue weighted by Gasteiger charge is 2.21. The number of tetrazole rings is 1. The van der Waals surface area contributed by atoms with Gasteiger partial charge in [0.25, 0.3) is 0 Å². The highest BCUT2D eigenvalue weighted by atomic mass is 32.2. The third-order valence-corrected chi connectivity index (χ3v) is 3.96. The Balaban J connectivity index is 1.94. The van der Waals surface area contributed by atoms with E-state index in [1.165, 1.54) is 11.8 Å². The van der Waals surface area contributed by atoms with Crippen molar-refractivity contribution in [1.29, 1.82) is 0 Å². The van der Waals surface area contributed by atoms with Crippen molar-refractivity contribution in [3.05, 3.63) is 35.9 Å². The number of benzene rings is 1. The Morgan fingerprint density at radius 1 is 1.40 bits per heavy atom. The molecule has 106 valence electrons. The minimum atomic E-state index is -0.228. The van der Waals surface area contributed by atoms with Gasteiger partial charge < -0.3 is 4.90 Å². The van der Waals surface area contributed by atoms with E-state index in [-0.39, 0.29) is 11.2 Å². The van der Waals surface area contributed by atoms with Crippen LogP contribution in [0.2, 0.25) is 0 Å². The Morgan fingerprint density at radius 3 is 2.70 bits per heavy atom. The summed E-state index contributed by atoms with van der Waals surface area (Å²) in [6, 6.07) is 9.92. The van der Waals surface area contributed by atoms with Crippen LogP contribution < -0.4 is 0 Å². The van der Waals surface area contributed by atoms with Crippen molar-refractivity contribution >= 4 is 17.7 Å². The summed E-state index contributed by atoms with van der Waals surface area (Å²) in [5.41, 5.74) is 1.11. The second-order valence-corrected chi connectivity index (χ2v) is 5.83. The summed E-state index contributed by atoms with van der Waals surface area (Å²) in [6.45, 7) is 2.46. The van der Waals surface area contributed by atoms with Crippen LogP contribution in [0, 0.1) is 0 Å². The molecule has 0 saturated carbocycles. The zero-order chi connectivity index (χ0) is 14.5. The van der Waals surface area contributed by atoms with Crippen molar-refractivity contribution in [2.24, 2.45) is 7.05 Å². The van der Waals surface area contributed by atoms with Crippen molar-refractivity contribution in [2.75, 3.05) is 7.05 Å². The lowest BCUT2D eigenvalue weighted by Gasteiger charge is -2.20. The van der Waals surface area contributed by atoms with E-state index in [0.29, 0.717) is 11.7 Å². The Bertz CT molecular complexity index is 571. The van der Waals surface area contributed by atoms with Crippen LogP contribution in [0.4, 0.5) is 0 Å². The molecule has 7 heteroatoms. The number of amides is 1. The minimum absolute atomic E-state index is 0.0573. The summed E-state index contributed by atoms with van der Waals surface area (Å²) in [5.74, 6) is 0.0573. The zero-order valence-corrected chi connectivity index (χ0v) is 12.5. The standard InChI is InChI=1S/C13H17N5OS/c1-10(20-13-14-15-16-18(13)3)12(19)17(2)9-11-7-5-4-6-8-11/h4-8,10H,9H2,1-3H3. The van der Waals surface area contributed by atoms with E-state index in [4.69, 9.17) is 0 Å². The van der Waals surface area contributed by atoms with Crippen LogP contribution in [0.25, 0.3) is 0 Å². The van der Waals surface area contributed by atoms with Gasteiger partial charge in [-0.15, -0.1) is 5.10 Å². The molecule has 1 amide bonds. The second kappa shape index (κ2) is 6.51. The average Bonchev–Trinajstić information content (AvgIpc) is 2.84. The highest BCUT2D eigenvalue weighted by molar-refractivity contribution is 8.00. The lowest BCUT2D eigenvalue weighted by molar-refractivity contribution is -0.129. The van der Waals surface area contributed by atoms with Crippen LogP contribution in [-0.4, -0.2) is 43.3 Å². The molecule has 0 bridgehead atoms. The van der Waals surface area contributed by atoms with E-state index in [2.05, 4.69) is 15.5 Å². The summed E-state index contributed by atoms with van der Waals surface area (Å²) in [6.07, 6.45) is 0. The first-order valence-electron chi connectivity index (χ1n) is 6.26. The van der Waals surface area contributed by atoms with Crippen LogP contribution in [-0.2, 0) is 18.4 Å². The monoisotopic (exact) mass is 291 g/mol. The normalized spacial score (nSPS) is 12.2. The molecule has 1 heterocycles. The van der Waals surface area contributed by atoms with Gasteiger partial charge in [0, 0.05) is 20.6 Å². The predicted octanol–water partition coefficient (Wildman–Crippen LogP) is 1.35. The van der Waals surface area contributed by atoms with E-state index in [1.54, 1.807) is 23.7 Å². The number of rotatable bonds is 5. The molecular formula is C13H17N5OS. The van der Waals surface area contributed by atoms with Gasteiger partial charge in [0.15, 0.2) is 0 Å². The summed E-state index contributed by atoms with van der Waals surface area (Å²) < 4.78 is 1.56. The van der Waals surface area contributed by atoms with E-state index >= 15 is 0 Å². The van der Waals surface area contributed by atoms with Gasteiger partial charge >= 0.3 is 0 Å². The average molecular weight is 291 g/mol. The van der Waals surface area contributed by atoms with Gasteiger partial charge in [-0.3, -0.25) is 4.79 Å². The van der Waals surface area contributed by atoms with Gasteiger partial charge in [-0.25, -0.2) is 4.68 Å². The Labute approximate surface area is 122 Å². The Kier molecular flexibility index (Phi) is 4.73. The first kappa shape index (κ1) is 14.5. The van der Waals surface area contributed by atoms with Crippen LogP contribution in [0.1, 0.15) is 12.5 Å². The topological polar surface area (TPSA) is 63.9 Å². The summed E-state index contributed by atoms with van der Waals surface area (Å²) >= 11 is 1.36. The van der Waals surface area contributed by atoms with Crippen LogP contribution in [0.5, 0.6) is 0 Å². The van der Waals surface area contributed by atoms with Gasteiger partial charge in [0.1, 0.15) is 0 Å². The maximum Gasteiger partial charge on any atom is 0.235 e. The molecule has 1 aromatic heterocycles. The van der Waals surface area contributed by atoms with Crippen LogP contribution >= 0.6 is 11.8 Å². The predicted molar refractivity (Wildman–Crippen MR) is 77.0 cm³/mol. The van der Waals surface area contributed by atoms with Crippen molar-refractivity contribution < 1.29 is 4.79 Å². The fourth-order valence-corrected chi connectivity index (χ4v) is 2.64. The molecule has 20 heavy (non-hydrogen) atoms. The third kappa shape index (κ3) is 3.57. The summed E-state index contributed by atoms with van der Waals surface area (Å²) in [4.78, 5) is 14.0. The molecular weight excluding hydrogens is 274 g/mol. The highest BCUT2D eigenvalue weighted by Crippen LogP contribution is 2.21. The number of hydrogen-bond acceptors (Lipinski definition) is 5. The van der Waals surface area contributed by atoms with E-state index in [9.17, 15) is 4.79 Å². The fourth-order valence-electron chi connectivity index (χ4n) is 1.78. The Hall–Kier alpha value is -1.89. The molecule has 0 aliphatic rings. The number of aromatic nitrogens is 4. The molecule has 1 aromatic carbocycles. The molecule has 6 nitrogen and oxygen atoms in total. The molecule has 2 rings (SSSR count). The molecule has 1 atom stereocenters. The summed E-state index contributed by atoms with van der Waals surface area (Å²) in [7, 11) is 3.56. The molecule has 0 spiro atoms. The number of carbonyl (C=O) groups excluding carboxylic acids is 1. The number of carbonyl (C=O) groups is 1. The molecule has 2 aromatic rings. The number of thioether (sulfide) groups is 1. The van der Waals surface area contributed by atoms with Gasteiger partial charge in [-0.1, -0.05) is 42.1 Å². The van der Waals surface area contributed by atoms with E-state index in [1.807, 2.05) is 37.3 Å². The lowest BCUT2D eigenvalue weighted by Crippen LogP contribution is -2.32. The molecule has 0 N–H and O–H groups in total. The van der Waals surface area contributed by atoms with Crippen LogP contribution in [0.3, 0.4) is 0 Å². The fraction of sp³-hybridized carbons (Fsp3) is 0.385. The van der Waals surface area contributed by atoms with Crippen molar-refractivity contribution in [2.45, 2.75) is 23.9 Å². The van der Waals surface area contributed by atoms with Crippen molar-refractivity contribution in [1.82, 2.24) is 25.1 Å². The smallest absolute Gasteiger partial charge is 0.235 e. The van der Waals surface area contributed by atoms with Gasteiger partial charge in [-0.05, 0) is 22.9 Å². The Morgan fingerprint density at radius 2 is 2.10 bits per heavy atom.